The second-order valence-corrected chi connectivity index (χ2v) is 8.93. The summed E-state index contributed by atoms with van der Waals surface area (Å²) in [7, 11) is 1.49. The second-order valence-electron chi connectivity index (χ2n) is 8.93. The van der Waals surface area contributed by atoms with Gasteiger partial charge in [-0.1, -0.05) is 12.1 Å². The van der Waals surface area contributed by atoms with E-state index in [1.54, 1.807) is 17.8 Å². The van der Waals surface area contributed by atoms with Crippen LogP contribution in [0.2, 0.25) is 0 Å². The molecule has 10 nitrogen and oxygen atoms in total. The van der Waals surface area contributed by atoms with Crippen molar-refractivity contribution in [3.63, 3.8) is 0 Å². The molecule has 0 radical (unpaired) electrons. The van der Waals surface area contributed by atoms with E-state index in [-0.39, 0.29) is 31.0 Å². The third-order valence-electron chi connectivity index (χ3n) is 6.53. The van der Waals surface area contributed by atoms with Crippen molar-refractivity contribution in [2.75, 3.05) is 31.7 Å². The van der Waals surface area contributed by atoms with Crippen LogP contribution in [-0.4, -0.2) is 68.5 Å². The lowest BCUT2D eigenvalue weighted by Crippen LogP contribution is -2.38. The summed E-state index contributed by atoms with van der Waals surface area (Å²) in [6.45, 7) is 3.14. The zero-order valence-corrected chi connectivity index (χ0v) is 20.9. The molecule has 0 amide bonds. The predicted octanol–water partition coefficient (Wildman–Crippen LogP) is 4.02. The first kappa shape index (κ1) is 25.5. The lowest BCUT2D eigenvalue weighted by molar-refractivity contribution is -0.179. The molecular weight excluding hydrogens is 503 g/mol. The number of esters is 1. The number of fused-ring (bicyclic) bond motifs is 1. The van der Waals surface area contributed by atoms with Crippen LogP contribution in [0, 0.1) is 5.92 Å². The number of hydrogen-bond acceptors (Lipinski definition) is 8. The van der Waals surface area contributed by atoms with Gasteiger partial charge in [0.25, 0.3) is 5.95 Å². The summed E-state index contributed by atoms with van der Waals surface area (Å²) >= 11 is 0. The van der Waals surface area contributed by atoms with Crippen molar-refractivity contribution in [2.45, 2.75) is 32.5 Å². The highest BCUT2D eigenvalue weighted by molar-refractivity contribution is 5.88. The van der Waals surface area contributed by atoms with Crippen LogP contribution >= 0.6 is 0 Å². The first-order valence-electron chi connectivity index (χ1n) is 12.2. The maximum Gasteiger partial charge on any atom is 0.391 e. The van der Waals surface area contributed by atoms with Crippen LogP contribution in [-0.2, 0) is 11.3 Å². The van der Waals surface area contributed by atoms with Gasteiger partial charge in [0.05, 0.1) is 44.1 Å². The SMILES string of the molecule is CCOC(=O)c1cnn(-c2nc(OC)c3c(cnn3Cc3ccc(N4CCC(C(F)(F)F)CC4)cc3)n2)c1. The van der Waals surface area contributed by atoms with E-state index >= 15 is 0 Å². The predicted molar refractivity (Wildman–Crippen MR) is 131 cm³/mol. The fourth-order valence-corrected chi connectivity index (χ4v) is 4.52. The summed E-state index contributed by atoms with van der Waals surface area (Å²) < 4.78 is 52.5. The van der Waals surface area contributed by atoms with Gasteiger partial charge in [-0.05, 0) is 37.5 Å². The number of rotatable bonds is 7. The summed E-state index contributed by atoms with van der Waals surface area (Å²) in [6.07, 6.45) is 0.541. The zero-order valence-electron chi connectivity index (χ0n) is 20.9. The Labute approximate surface area is 216 Å². The lowest BCUT2D eigenvalue weighted by atomic mass is 9.96. The Kier molecular flexibility index (Phi) is 6.91. The molecular formula is C25H26F3N7O3. The Hall–Kier alpha value is -4.16. The number of ether oxygens (including phenoxy) is 2. The highest BCUT2D eigenvalue weighted by atomic mass is 19.4. The molecule has 200 valence electrons. The molecule has 1 fully saturated rings. The number of carbonyl (C=O) groups is 1. The van der Waals surface area contributed by atoms with E-state index in [0.29, 0.717) is 36.5 Å². The van der Waals surface area contributed by atoms with Crippen molar-refractivity contribution >= 4 is 22.7 Å². The fourth-order valence-electron chi connectivity index (χ4n) is 4.52. The molecule has 0 aliphatic carbocycles. The van der Waals surface area contributed by atoms with Crippen LogP contribution in [0.1, 0.15) is 35.7 Å². The van der Waals surface area contributed by atoms with E-state index in [0.717, 1.165) is 11.3 Å². The molecule has 38 heavy (non-hydrogen) atoms. The molecule has 0 atom stereocenters. The molecule has 4 heterocycles. The number of carbonyl (C=O) groups excluding carboxylic acids is 1. The molecule has 5 rings (SSSR count). The van der Waals surface area contributed by atoms with Crippen LogP contribution in [0.4, 0.5) is 18.9 Å². The monoisotopic (exact) mass is 529 g/mol. The van der Waals surface area contributed by atoms with Crippen LogP contribution < -0.4 is 9.64 Å². The minimum atomic E-state index is -4.13. The number of nitrogens with zero attached hydrogens (tertiary/aromatic N) is 7. The molecule has 3 aromatic heterocycles. The average molecular weight is 530 g/mol. The van der Waals surface area contributed by atoms with E-state index in [2.05, 4.69) is 20.2 Å². The number of aromatic nitrogens is 6. The minimum absolute atomic E-state index is 0.106. The quantitative estimate of drug-likeness (QED) is 0.331. The molecule has 1 saturated heterocycles. The number of alkyl halides is 3. The van der Waals surface area contributed by atoms with Crippen LogP contribution in [0.15, 0.2) is 42.9 Å². The Morgan fingerprint density at radius 3 is 2.47 bits per heavy atom. The number of hydrogen-bond donors (Lipinski definition) is 0. The summed E-state index contributed by atoms with van der Waals surface area (Å²) in [5, 5.41) is 8.61. The molecule has 1 aliphatic heterocycles. The molecule has 1 aromatic carbocycles. The second kappa shape index (κ2) is 10.3. The number of halogens is 3. The Balaban J connectivity index is 1.32. The summed E-state index contributed by atoms with van der Waals surface area (Å²) in [4.78, 5) is 22.9. The number of piperidine rings is 1. The van der Waals surface area contributed by atoms with Crippen LogP contribution in [0.25, 0.3) is 17.0 Å². The molecule has 4 aromatic rings. The molecule has 13 heteroatoms. The first-order chi connectivity index (χ1) is 18.3. The molecule has 0 N–H and O–H groups in total. The maximum atomic E-state index is 13.0. The normalized spacial score (nSPS) is 14.7. The zero-order chi connectivity index (χ0) is 26.9. The standard InChI is InChI=1S/C25H26F3N7O3/c1-3-38-23(36)17-12-29-35(15-17)24-31-20-13-30-34(21(20)22(32-24)37-2)14-16-4-6-19(7-5-16)33-10-8-18(9-11-33)25(26,27)28/h4-7,12-13,15,18H,3,8-11,14H2,1-2H3. The maximum absolute atomic E-state index is 13.0. The van der Waals surface area contributed by atoms with Crippen molar-refractivity contribution in [2.24, 2.45) is 5.92 Å². The van der Waals surface area contributed by atoms with E-state index in [1.807, 2.05) is 29.2 Å². The van der Waals surface area contributed by atoms with Gasteiger partial charge in [-0.3, -0.25) is 4.68 Å². The molecule has 0 bridgehead atoms. The third kappa shape index (κ3) is 5.13. The number of benzene rings is 1. The van der Waals surface area contributed by atoms with Gasteiger partial charge >= 0.3 is 12.1 Å². The Morgan fingerprint density at radius 1 is 1.08 bits per heavy atom. The van der Waals surface area contributed by atoms with E-state index in [1.165, 1.54) is 24.2 Å². The summed E-state index contributed by atoms with van der Waals surface area (Å²) in [5.74, 6) is -1.21. The first-order valence-corrected chi connectivity index (χ1v) is 12.2. The van der Waals surface area contributed by atoms with Gasteiger partial charge in [0.1, 0.15) is 11.0 Å². The smallest absolute Gasteiger partial charge is 0.391 e. The average Bonchev–Trinajstić information content (AvgIpc) is 3.56. The molecule has 0 spiro atoms. The van der Waals surface area contributed by atoms with Gasteiger partial charge in [-0.15, -0.1) is 0 Å². The van der Waals surface area contributed by atoms with Gasteiger partial charge in [-0.2, -0.15) is 28.4 Å². The summed E-state index contributed by atoms with van der Waals surface area (Å²) in [6, 6.07) is 7.70. The van der Waals surface area contributed by atoms with Crippen LogP contribution in [0.5, 0.6) is 5.88 Å². The molecule has 0 saturated carbocycles. The minimum Gasteiger partial charge on any atom is -0.479 e. The number of methoxy groups -OCH3 is 1. The van der Waals surface area contributed by atoms with Crippen molar-refractivity contribution in [1.29, 1.82) is 0 Å². The Bertz CT molecular complexity index is 1420. The fraction of sp³-hybridized carbons (Fsp3) is 0.400. The number of anilines is 1. The Morgan fingerprint density at radius 2 is 1.82 bits per heavy atom. The topological polar surface area (TPSA) is 100 Å². The van der Waals surface area contributed by atoms with Crippen molar-refractivity contribution in [3.8, 4) is 11.8 Å². The highest BCUT2D eigenvalue weighted by Crippen LogP contribution is 2.35. The lowest BCUT2D eigenvalue weighted by Gasteiger charge is -2.34. The third-order valence-corrected chi connectivity index (χ3v) is 6.53. The van der Waals surface area contributed by atoms with Crippen molar-refractivity contribution in [1.82, 2.24) is 29.5 Å². The molecule has 0 unspecified atom stereocenters. The van der Waals surface area contributed by atoms with Crippen LogP contribution in [0.3, 0.4) is 0 Å². The van der Waals surface area contributed by atoms with Gasteiger partial charge in [0.15, 0.2) is 0 Å². The van der Waals surface area contributed by atoms with Gasteiger partial charge in [-0.25, -0.2) is 14.5 Å². The van der Waals surface area contributed by atoms with Gasteiger partial charge in [0, 0.05) is 25.0 Å². The van der Waals surface area contributed by atoms with E-state index < -0.39 is 18.1 Å². The van der Waals surface area contributed by atoms with Crippen molar-refractivity contribution in [3.05, 3.63) is 54.0 Å². The molecule has 1 aliphatic rings. The highest BCUT2D eigenvalue weighted by Gasteiger charge is 2.41. The van der Waals surface area contributed by atoms with E-state index in [4.69, 9.17) is 9.47 Å². The van der Waals surface area contributed by atoms with E-state index in [9.17, 15) is 18.0 Å². The van der Waals surface area contributed by atoms with Crippen molar-refractivity contribution < 1.29 is 27.4 Å². The summed E-state index contributed by atoms with van der Waals surface area (Å²) in [5.41, 5.74) is 3.24. The van der Waals surface area contributed by atoms with Gasteiger partial charge < -0.3 is 14.4 Å². The largest absolute Gasteiger partial charge is 0.479 e. The van der Waals surface area contributed by atoms with Gasteiger partial charge in [0.2, 0.25) is 5.88 Å².